The smallest absolute Gasteiger partial charge is 0.387 e. The standard InChI is InChI=1S/C27H38F4O/c28-24-16-23(17-25(29)26(24)32-27(30)31)22-14-12-21(13-15-22)20-10-8-19(9-11-20)7-3-6-18-4-1-2-5-18/h16-22,27H,1-15H2. The van der Waals surface area contributed by atoms with Gasteiger partial charge in [-0.15, -0.1) is 0 Å². The van der Waals surface area contributed by atoms with Gasteiger partial charge in [-0.3, -0.25) is 0 Å². The van der Waals surface area contributed by atoms with Crippen molar-refractivity contribution in [1.82, 2.24) is 0 Å². The van der Waals surface area contributed by atoms with Crippen molar-refractivity contribution in [2.75, 3.05) is 0 Å². The number of ether oxygens (including phenoxy) is 1. The molecule has 0 aliphatic heterocycles. The van der Waals surface area contributed by atoms with Gasteiger partial charge in [0.25, 0.3) is 0 Å². The second kappa shape index (κ2) is 11.2. The topological polar surface area (TPSA) is 9.23 Å². The first-order valence-corrected chi connectivity index (χ1v) is 12.9. The molecule has 0 amide bonds. The first-order chi connectivity index (χ1) is 15.5. The van der Waals surface area contributed by atoms with Crippen LogP contribution in [0.3, 0.4) is 0 Å². The number of rotatable bonds is 8. The van der Waals surface area contributed by atoms with E-state index in [0.29, 0.717) is 5.56 Å². The van der Waals surface area contributed by atoms with Gasteiger partial charge in [0, 0.05) is 0 Å². The molecule has 1 aromatic carbocycles. The van der Waals surface area contributed by atoms with Gasteiger partial charge in [0.05, 0.1) is 0 Å². The number of halogens is 4. The highest BCUT2D eigenvalue weighted by Gasteiger charge is 2.32. The Labute approximate surface area is 190 Å². The van der Waals surface area contributed by atoms with Gasteiger partial charge in [0.1, 0.15) is 0 Å². The molecule has 1 nitrogen and oxygen atoms in total. The third-order valence-electron chi connectivity index (χ3n) is 8.73. The second-order valence-corrected chi connectivity index (χ2v) is 10.7. The van der Waals surface area contributed by atoms with Crippen LogP contribution in [0.1, 0.15) is 108 Å². The Balaban J connectivity index is 1.20. The average Bonchev–Trinajstić information content (AvgIpc) is 3.30. The van der Waals surface area contributed by atoms with Crippen molar-refractivity contribution in [2.45, 2.75) is 109 Å². The number of hydrogen-bond acceptors (Lipinski definition) is 1. The van der Waals surface area contributed by atoms with E-state index in [1.54, 1.807) is 0 Å². The van der Waals surface area contributed by atoms with Crippen LogP contribution in [-0.2, 0) is 0 Å². The third kappa shape index (κ3) is 6.20. The lowest BCUT2D eigenvalue weighted by Gasteiger charge is -2.38. The van der Waals surface area contributed by atoms with Crippen molar-refractivity contribution in [2.24, 2.45) is 23.7 Å². The van der Waals surface area contributed by atoms with Crippen LogP contribution in [0.2, 0.25) is 0 Å². The van der Waals surface area contributed by atoms with Crippen LogP contribution in [0.4, 0.5) is 17.6 Å². The van der Waals surface area contributed by atoms with Crippen LogP contribution in [0.25, 0.3) is 0 Å². The minimum absolute atomic E-state index is 0.0998. The van der Waals surface area contributed by atoms with Gasteiger partial charge >= 0.3 is 6.61 Å². The molecule has 5 heteroatoms. The highest BCUT2D eigenvalue weighted by Crippen LogP contribution is 2.45. The van der Waals surface area contributed by atoms with Crippen molar-refractivity contribution in [1.29, 1.82) is 0 Å². The Kier molecular flexibility index (Phi) is 8.39. The monoisotopic (exact) mass is 454 g/mol. The quantitative estimate of drug-likeness (QED) is 0.356. The van der Waals surface area contributed by atoms with Gasteiger partial charge in [-0.25, -0.2) is 8.78 Å². The fraction of sp³-hybridized carbons (Fsp3) is 0.778. The first kappa shape index (κ1) is 23.9. The molecule has 0 unspecified atom stereocenters. The minimum Gasteiger partial charge on any atom is -0.429 e. The van der Waals surface area contributed by atoms with Crippen LogP contribution >= 0.6 is 0 Å². The number of benzene rings is 1. The Bertz CT molecular complexity index is 691. The molecule has 180 valence electrons. The van der Waals surface area contributed by atoms with Crippen molar-refractivity contribution in [3.8, 4) is 5.75 Å². The molecule has 0 radical (unpaired) electrons. The summed E-state index contributed by atoms with van der Waals surface area (Å²) in [5.74, 6) is 0.516. The predicted octanol–water partition coefficient (Wildman–Crippen LogP) is 9.01. The van der Waals surface area contributed by atoms with E-state index >= 15 is 0 Å². The van der Waals surface area contributed by atoms with Gasteiger partial charge < -0.3 is 4.74 Å². The van der Waals surface area contributed by atoms with E-state index < -0.39 is 24.0 Å². The minimum atomic E-state index is -3.23. The predicted molar refractivity (Wildman–Crippen MR) is 119 cm³/mol. The largest absolute Gasteiger partial charge is 0.429 e. The van der Waals surface area contributed by atoms with E-state index in [-0.39, 0.29) is 5.92 Å². The summed E-state index contributed by atoms with van der Waals surface area (Å²) < 4.78 is 56.9. The first-order valence-electron chi connectivity index (χ1n) is 12.9. The Morgan fingerprint density at radius 3 is 1.75 bits per heavy atom. The molecule has 3 saturated carbocycles. The Morgan fingerprint density at radius 2 is 1.22 bits per heavy atom. The van der Waals surface area contributed by atoms with Crippen LogP contribution in [0.5, 0.6) is 5.75 Å². The molecule has 0 N–H and O–H groups in total. The van der Waals surface area contributed by atoms with Crippen molar-refractivity contribution >= 4 is 0 Å². The van der Waals surface area contributed by atoms with E-state index in [4.69, 9.17) is 0 Å². The zero-order valence-electron chi connectivity index (χ0n) is 19.1. The maximum Gasteiger partial charge on any atom is 0.387 e. The number of alkyl halides is 2. The second-order valence-electron chi connectivity index (χ2n) is 10.7. The molecular formula is C27H38F4O. The SMILES string of the molecule is Fc1cc(C2CCC(C3CCC(CCCC4CCCC4)CC3)CC2)cc(F)c1OC(F)F. The van der Waals surface area contributed by atoms with E-state index in [1.807, 2.05) is 0 Å². The average molecular weight is 455 g/mol. The fourth-order valence-corrected chi connectivity index (χ4v) is 6.88. The summed E-state index contributed by atoms with van der Waals surface area (Å²) in [6.07, 6.45) is 19.5. The lowest BCUT2D eigenvalue weighted by molar-refractivity contribution is -0.0546. The molecule has 0 aromatic heterocycles. The molecule has 0 spiro atoms. The summed E-state index contributed by atoms with van der Waals surface area (Å²) in [6.45, 7) is -3.23. The zero-order valence-corrected chi connectivity index (χ0v) is 19.1. The normalized spacial score (nSPS) is 29.5. The highest BCUT2D eigenvalue weighted by atomic mass is 19.3. The highest BCUT2D eigenvalue weighted by molar-refractivity contribution is 5.33. The summed E-state index contributed by atoms with van der Waals surface area (Å²) in [5, 5.41) is 0. The molecule has 0 heterocycles. The van der Waals surface area contributed by atoms with Crippen molar-refractivity contribution in [3.05, 3.63) is 29.3 Å². The Morgan fingerprint density at radius 1 is 0.719 bits per heavy atom. The van der Waals surface area contributed by atoms with E-state index in [2.05, 4.69) is 4.74 Å². The van der Waals surface area contributed by atoms with Crippen molar-refractivity contribution < 1.29 is 22.3 Å². The van der Waals surface area contributed by atoms with E-state index in [9.17, 15) is 17.6 Å². The number of hydrogen-bond donors (Lipinski definition) is 0. The lowest BCUT2D eigenvalue weighted by atomic mass is 9.68. The summed E-state index contributed by atoms with van der Waals surface area (Å²) in [5.41, 5.74) is 0.575. The molecule has 3 aliphatic carbocycles. The molecular weight excluding hydrogens is 416 g/mol. The molecule has 0 atom stereocenters. The van der Waals surface area contributed by atoms with Crippen LogP contribution in [0, 0.1) is 35.3 Å². The molecule has 1 aromatic rings. The maximum absolute atomic E-state index is 14.1. The van der Waals surface area contributed by atoms with Crippen LogP contribution in [0.15, 0.2) is 12.1 Å². The van der Waals surface area contributed by atoms with Crippen LogP contribution in [-0.4, -0.2) is 6.61 Å². The fourth-order valence-electron chi connectivity index (χ4n) is 6.88. The van der Waals surface area contributed by atoms with Gasteiger partial charge in [0.2, 0.25) is 0 Å². The zero-order chi connectivity index (χ0) is 22.5. The molecule has 32 heavy (non-hydrogen) atoms. The third-order valence-corrected chi connectivity index (χ3v) is 8.73. The molecule has 4 rings (SSSR count). The molecule has 3 fully saturated rings. The van der Waals surface area contributed by atoms with Crippen LogP contribution < -0.4 is 4.74 Å². The maximum atomic E-state index is 14.1. The van der Waals surface area contributed by atoms with Gasteiger partial charge in [-0.05, 0) is 85.8 Å². The summed E-state index contributed by atoms with van der Waals surface area (Å²) in [7, 11) is 0. The molecule has 0 saturated heterocycles. The summed E-state index contributed by atoms with van der Waals surface area (Å²) >= 11 is 0. The van der Waals surface area contributed by atoms with Crippen molar-refractivity contribution in [3.63, 3.8) is 0 Å². The van der Waals surface area contributed by atoms with Gasteiger partial charge in [-0.1, -0.05) is 57.8 Å². The summed E-state index contributed by atoms with van der Waals surface area (Å²) in [6, 6.07) is 2.37. The van der Waals surface area contributed by atoms with E-state index in [0.717, 1.165) is 49.4 Å². The molecule has 0 bridgehead atoms. The van der Waals surface area contributed by atoms with Gasteiger partial charge in [0.15, 0.2) is 17.4 Å². The Hall–Kier alpha value is -1.26. The lowest BCUT2D eigenvalue weighted by Crippen LogP contribution is -2.25. The summed E-state index contributed by atoms with van der Waals surface area (Å²) in [4.78, 5) is 0. The van der Waals surface area contributed by atoms with Gasteiger partial charge in [-0.2, -0.15) is 8.78 Å². The van der Waals surface area contributed by atoms with E-state index in [1.165, 1.54) is 82.8 Å². The molecule has 3 aliphatic rings.